The van der Waals surface area contributed by atoms with Gasteiger partial charge in [0.15, 0.2) is 0 Å². The van der Waals surface area contributed by atoms with Gasteiger partial charge in [0.2, 0.25) is 11.8 Å². The Labute approximate surface area is 243 Å². The molecule has 3 aromatic carbocycles. The third-order valence-corrected chi connectivity index (χ3v) is 8.59. The highest BCUT2D eigenvalue weighted by molar-refractivity contribution is 7.92. The lowest BCUT2D eigenvalue weighted by Gasteiger charge is -2.32. The molecule has 1 N–H and O–H groups in total. The molecule has 0 saturated carbocycles. The Kier molecular flexibility index (Phi) is 10.4. The molecular formula is C29H31ClF3N3O4S. The molecular weight excluding hydrogens is 579 g/mol. The summed E-state index contributed by atoms with van der Waals surface area (Å²) in [6.07, 6.45) is -4.21. The Morgan fingerprint density at radius 3 is 2.24 bits per heavy atom. The van der Waals surface area contributed by atoms with Gasteiger partial charge < -0.3 is 10.2 Å². The minimum Gasteiger partial charge on any atom is -0.354 e. The highest BCUT2D eigenvalue weighted by atomic mass is 35.5. The van der Waals surface area contributed by atoms with E-state index in [0.29, 0.717) is 23.3 Å². The minimum absolute atomic E-state index is 0.0279. The molecule has 0 bridgehead atoms. The lowest BCUT2D eigenvalue weighted by atomic mass is 10.1. The molecule has 3 rings (SSSR count). The highest BCUT2D eigenvalue weighted by Crippen LogP contribution is 2.38. The van der Waals surface area contributed by atoms with Gasteiger partial charge in [0.25, 0.3) is 10.0 Å². The summed E-state index contributed by atoms with van der Waals surface area (Å²) in [7, 11) is -4.52. The molecule has 0 heterocycles. The van der Waals surface area contributed by atoms with Crippen LogP contribution < -0.4 is 9.62 Å². The van der Waals surface area contributed by atoms with Crippen molar-refractivity contribution in [3.05, 3.63) is 94.5 Å². The predicted octanol–water partition coefficient (Wildman–Crippen LogP) is 5.81. The summed E-state index contributed by atoms with van der Waals surface area (Å²) >= 11 is 5.79. The maximum absolute atomic E-state index is 13.9. The van der Waals surface area contributed by atoms with Gasteiger partial charge in [-0.3, -0.25) is 13.9 Å². The van der Waals surface area contributed by atoms with E-state index in [-0.39, 0.29) is 11.4 Å². The van der Waals surface area contributed by atoms with Crippen molar-refractivity contribution in [3.63, 3.8) is 0 Å². The van der Waals surface area contributed by atoms with Crippen LogP contribution in [0.5, 0.6) is 0 Å². The maximum atomic E-state index is 13.9. The standard InChI is InChI=1S/C29H31ClF3N3O4S/c1-4-16-34-28(38)21(3)35(18-22-11-9-8-10-20(22)2)27(37)19-36(41(39,40)24-12-6-5-7-13-24)23-14-15-26(30)25(17-23)29(31,32)33/h5-15,17,21H,4,16,18-19H2,1-3H3,(H,34,38)/t21-/m1/s1. The molecule has 0 aromatic heterocycles. The number of sulfonamides is 1. The van der Waals surface area contributed by atoms with E-state index in [1.54, 1.807) is 18.2 Å². The topological polar surface area (TPSA) is 86.8 Å². The molecule has 0 aliphatic heterocycles. The molecule has 0 spiro atoms. The summed E-state index contributed by atoms with van der Waals surface area (Å²) in [5, 5.41) is 2.12. The molecule has 41 heavy (non-hydrogen) atoms. The molecule has 7 nitrogen and oxygen atoms in total. The largest absolute Gasteiger partial charge is 0.417 e. The van der Waals surface area contributed by atoms with E-state index < -0.39 is 56.9 Å². The number of halogens is 4. The minimum atomic E-state index is -4.87. The molecule has 3 aromatic rings. The van der Waals surface area contributed by atoms with Crippen LogP contribution in [-0.2, 0) is 32.3 Å². The Morgan fingerprint density at radius 1 is 1.00 bits per heavy atom. The van der Waals surface area contributed by atoms with Gasteiger partial charge in [-0.2, -0.15) is 13.2 Å². The Bertz CT molecular complexity index is 1480. The summed E-state index contributed by atoms with van der Waals surface area (Å²) in [6.45, 7) is 4.69. The normalized spacial score (nSPS) is 12.5. The van der Waals surface area contributed by atoms with E-state index in [0.717, 1.165) is 23.3 Å². The second-order valence-electron chi connectivity index (χ2n) is 9.40. The first-order valence-electron chi connectivity index (χ1n) is 12.8. The van der Waals surface area contributed by atoms with Crippen LogP contribution in [0.2, 0.25) is 5.02 Å². The molecule has 0 fully saturated rings. The van der Waals surface area contributed by atoms with Crippen molar-refractivity contribution in [2.45, 2.75) is 50.9 Å². The summed E-state index contributed by atoms with van der Waals surface area (Å²) in [5.74, 6) is -1.23. The van der Waals surface area contributed by atoms with Gasteiger partial charge in [0.05, 0.1) is 21.2 Å². The van der Waals surface area contributed by atoms with E-state index in [4.69, 9.17) is 11.6 Å². The number of nitrogens with zero attached hydrogens (tertiary/aromatic N) is 2. The second-order valence-corrected chi connectivity index (χ2v) is 11.7. The summed E-state index contributed by atoms with van der Waals surface area (Å²) in [5.41, 5.74) is -0.0913. The lowest BCUT2D eigenvalue weighted by Crippen LogP contribution is -2.51. The number of hydrogen-bond donors (Lipinski definition) is 1. The van der Waals surface area contributed by atoms with Crippen LogP contribution in [0.15, 0.2) is 77.7 Å². The van der Waals surface area contributed by atoms with E-state index in [9.17, 15) is 31.2 Å². The molecule has 0 unspecified atom stereocenters. The Balaban J connectivity index is 2.11. The molecule has 0 aliphatic carbocycles. The van der Waals surface area contributed by atoms with Crippen molar-refractivity contribution in [2.75, 3.05) is 17.4 Å². The van der Waals surface area contributed by atoms with Gasteiger partial charge in [-0.15, -0.1) is 0 Å². The van der Waals surface area contributed by atoms with Gasteiger partial charge >= 0.3 is 6.18 Å². The zero-order valence-electron chi connectivity index (χ0n) is 22.8. The quantitative estimate of drug-likeness (QED) is 0.297. The number of aryl methyl sites for hydroxylation is 1. The molecule has 220 valence electrons. The van der Waals surface area contributed by atoms with E-state index in [1.807, 2.05) is 26.0 Å². The van der Waals surface area contributed by atoms with Gasteiger partial charge in [-0.05, 0) is 61.7 Å². The average molecular weight is 610 g/mol. The van der Waals surface area contributed by atoms with Crippen LogP contribution in [0.1, 0.15) is 37.0 Å². The molecule has 0 saturated heterocycles. The maximum Gasteiger partial charge on any atom is 0.417 e. The molecule has 0 radical (unpaired) electrons. The van der Waals surface area contributed by atoms with Crippen molar-refractivity contribution in [2.24, 2.45) is 0 Å². The molecule has 12 heteroatoms. The van der Waals surface area contributed by atoms with Crippen molar-refractivity contribution >= 4 is 39.1 Å². The number of alkyl halides is 3. The van der Waals surface area contributed by atoms with Crippen molar-refractivity contribution in [3.8, 4) is 0 Å². The fourth-order valence-corrected chi connectivity index (χ4v) is 5.74. The van der Waals surface area contributed by atoms with Gasteiger partial charge in [0.1, 0.15) is 12.6 Å². The van der Waals surface area contributed by atoms with Crippen LogP contribution in [0.25, 0.3) is 0 Å². The van der Waals surface area contributed by atoms with Crippen molar-refractivity contribution in [1.29, 1.82) is 0 Å². The van der Waals surface area contributed by atoms with Crippen LogP contribution in [0.4, 0.5) is 18.9 Å². The summed E-state index contributed by atoms with van der Waals surface area (Å²) < 4.78 is 69.2. The van der Waals surface area contributed by atoms with Crippen molar-refractivity contribution in [1.82, 2.24) is 10.2 Å². The second kappa shape index (κ2) is 13.4. The van der Waals surface area contributed by atoms with Crippen LogP contribution in [0.3, 0.4) is 0 Å². The average Bonchev–Trinajstić information content (AvgIpc) is 2.93. The number of carbonyl (C=O) groups is 2. The van der Waals surface area contributed by atoms with Crippen LogP contribution in [-0.4, -0.2) is 44.3 Å². The molecule has 1 atom stereocenters. The van der Waals surface area contributed by atoms with Crippen LogP contribution >= 0.6 is 11.6 Å². The lowest BCUT2D eigenvalue weighted by molar-refractivity contribution is -0.139. The van der Waals surface area contributed by atoms with E-state index in [2.05, 4.69) is 5.32 Å². The molecule has 0 aliphatic rings. The third kappa shape index (κ3) is 7.80. The zero-order valence-corrected chi connectivity index (χ0v) is 24.4. The monoisotopic (exact) mass is 609 g/mol. The number of benzene rings is 3. The predicted molar refractivity (Wildman–Crippen MR) is 152 cm³/mol. The van der Waals surface area contributed by atoms with Gasteiger partial charge in [-0.25, -0.2) is 8.42 Å². The zero-order chi connectivity index (χ0) is 30.4. The Morgan fingerprint density at radius 2 is 1.63 bits per heavy atom. The fraction of sp³-hybridized carbons (Fsp3) is 0.310. The first-order chi connectivity index (χ1) is 19.3. The van der Waals surface area contributed by atoms with E-state index >= 15 is 0 Å². The number of amides is 2. The number of carbonyl (C=O) groups excluding carboxylic acids is 2. The smallest absolute Gasteiger partial charge is 0.354 e. The highest BCUT2D eigenvalue weighted by Gasteiger charge is 2.37. The molecule has 2 amide bonds. The summed E-state index contributed by atoms with van der Waals surface area (Å²) in [6, 6.07) is 15.9. The third-order valence-electron chi connectivity index (χ3n) is 6.47. The first kappa shape index (κ1) is 32.0. The van der Waals surface area contributed by atoms with Gasteiger partial charge in [-0.1, -0.05) is 61.0 Å². The SMILES string of the molecule is CCCNC(=O)[C@@H](C)N(Cc1ccccc1C)C(=O)CN(c1ccc(Cl)c(C(F)(F)F)c1)S(=O)(=O)c1ccccc1. The number of nitrogens with one attached hydrogen (secondary N) is 1. The van der Waals surface area contributed by atoms with Crippen molar-refractivity contribution < 1.29 is 31.2 Å². The summed E-state index contributed by atoms with van der Waals surface area (Å²) in [4.78, 5) is 27.8. The number of hydrogen-bond acceptors (Lipinski definition) is 4. The number of rotatable bonds is 11. The van der Waals surface area contributed by atoms with Crippen LogP contribution in [0, 0.1) is 6.92 Å². The van der Waals surface area contributed by atoms with Gasteiger partial charge in [0, 0.05) is 13.1 Å². The number of anilines is 1. The fourth-order valence-electron chi connectivity index (χ4n) is 4.08. The first-order valence-corrected chi connectivity index (χ1v) is 14.6. The van der Waals surface area contributed by atoms with E-state index in [1.165, 1.54) is 36.1 Å². The Hall–Kier alpha value is -3.57.